The van der Waals surface area contributed by atoms with Gasteiger partial charge in [-0.25, -0.2) is 4.79 Å². The Bertz CT molecular complexity index is 962. The molecule has 2 aromatic carbocycles. The maximum Gasteiger partial charge on any atom is 0.336 e. The molecule has 0 fully saturated rings. The number of fused-ring (bicyclic) bond motifs is 1. The van der Waals surface area contributed by atoms with Crippen molar-refractivity contribution in [2.45, 2.75) is 13.5 Å². The van der Waals surface area contributed by atoms with Gasteiger partial charge >= 0.3 is 5.63 Å². The van der Waals surface area contributed by atoms with Crippen molar-refractivity contribution in [1.82, 2.24) is 0 Å². The van der Waals surface area contributed by atoms with E-state index in [0.29, 0.717) is 23.6 Å². The van der Waals surface area contributed by atoms with Crippen LogP contribution >= 0.6 is 0 Å². The second-order valence-electron chi connectivity index (χ2n) is 5.47. The smallest absolute Gasteiger partial charge is 0.336 e. The molecule has 0 spiro atoms. The van der Waals surface area contributed by atoms with Crippen molar-refractivity contribution in [1.29, 1.82) is 0 Å². The van der Waals surface area contributed by atoms with Gasteiger partial charge in [-0.3, -0.25) is 0 Å². The lowest BCUT2D eigenvalue weighted by atomic mass is 10.1. The van der Waals surface area contributed by atoms with Gasteiger partial charge in [0.2, 0.25) is 0 Å². The number of aryl methyl sites for hydroxylation is 1. The van der Waals surface area contributed by atoms with E-state index in [1.54, 1.807) is 18.2 Å². The van der Waals surface area contributed by atoms with Crippen LogP contribution in [0.1, 0.15) is 11.1 Å². The summed E-state index contributed by atoms with van der Waals surface area (Å²) in [5.74, 6) is 0.434. The summed E-state index contributed by atoms with van der Waals surface area (Å²) in [4.78, 5) is 11.4. The third-order valence-electron chi connectivity index (χ3n) is 3.79. The van der Waals surface area contributed by atoms with Crippen molar-refractivity contribution in [3.05, 3.63) is 57.9 Å². The van der Waals surface area contributed by atoms with Crippen molar-refractivity contribution in [2.75, 3.05) is 12.4 Å². The molecule has 1 heterocycles. The number of benzene rings is 2. The predicted molar refractivity (Wildman–Crippen MR) is 90.9 cm³/mol. The van der Waals surface area contributed by atoms with E-state index in [1.807, 2.05) is 13.0 Å². The number of rotatable bonds is 4. The number of hydrogen-bond donors (Lipinski definition) is 3. The van der Waals surface area contributed by atoms with Gasteiger partial charge < -0.3 is 24.7 Å². The highest BCUT2D eigenvalue weighted by molar-refractivity contribution is 5.86. The number of methoxy groups -OCH3 is 1. The molecular formula is C18H17NO5. The van der Waals surface area contributed by atoms with Crippen LogP contribution in [0, 0.1) is 6.92 Å². The molecule has 0 amide bonds. The van der Waals surface area contributed by atoms with Gasteiger partial charge in [-0.1, -0.05) is 6.07 Å². The number of aromatic hydroxyl groups is 2. The molecular weight excluding hydrogens is 310 g/mol. The first-order valence-electron chi connectivity index (χ1n) is 7.35. The van der Waals surface area contributed by atoms with Crippen LogP contribution in [0.3, 0.4) is 0 Å². The summed E-state index contributed by atoms with van der Waals surface area (Å²) in [6.07, 6.45) is 0. The molecule has 0 saturated heterocycles. The molecule has 0 aliphatic heterocycles. The van der Waals surface area contributed by atoms with Gasteiger partial charge in [0.05, 0.1) is 12.8 Å². The fourth-order valence-electron chi connectivity index (χ4n) is 2.54. The zero-order valence-electron chi connectivity index (χ0n) is 13.3. The maximum atomic E-state index is 11.4. The minimum absolute atomic E-state index is 0.0195. The van der Waals surface area contributed by atoms with Gasteiger partial charge in [-0.05, 0) is 36.2 Å². The number of anilines is 1. The van der Waals surface area contributed by atoms with Crippen LogP contribution in [0.2, 0.25) is 0 Å². The average Bonchev–Trinajstić information content (AvgIpc) is 2.53. The van der Waals surface area contributed by atoms with Crippen LogP contribution in [0.25, 0.3) is 11.0 Å². The van der Waals surface area contributed by atoms with Crippen LogP contribution in [0.5, 0.6) is 17.2 Å². The van der Waals surface area contributed by atoms with E-state index in [-0.39, 0.29) is 11.5 Å². The van der Waals surface area contributed by atoms with Gasteiger partial charge in [-0.2, -0.15) is 0 Å². The number of phenolic OH excluding ortho intramolecular Hbond substituents is 2. The van der Waals surface area contributed by atoms with Gasteiger partial charge in [0.15, 0.2) is 11.5 Å². The molecule has 3 N–H and O–H groups in total. The molecule has 0 unspecified atom stereocenters. The molecule has 24 heavy (non-hydrogen) atoms. The van der Waals surface area contributed by atoms with E-state index in [4.69, 9.17) is 9.15 Å². The Balaban J connectivity index is 1.88. The Hall–Kier alpha value is -3.15. The van der Waals surface area contributed by atoms with Gasteiger partial charge in [0, 0.05) is 24.1 Å². The number of ether oxygens (including phenoxy) is 1. The zero-order chi connectivity index (χ0) is 17.3. The SMILES string of the molecule is COc1ccc(CNc2cc3c(C)cc(=O)oc3cc2O)cc1O. The Labute approximate surface area is 137 Å². The van der Waals surface area contributed by atoms with Crippen molar-refractivity contribution >= 4 is 16.7 Å². The summed E-state index contributed by atoms with van der Waals surface area (Å²) in [6, 6.07) is 9.63. The predicted octanol–water partition coefficient (Wildman–Crippen LogP) is 3.13. The Morgan fingerprint density at radius 2 is 1.92 bits per heavy atom. The second kappa shape index (κ2) is 6.16. The van der Waals surface area contributed by atoms with Crippen molar-refractivity contribution in [3.8, 4) is 17.2 Å². The summed E-state index contributed by atoms with van der Waals surface area (Å²) in [6.45, 7) is 2.20. The Morgan fingerprint density at radius 1 is 1.12 bits per heavy atom. The molecule has 1 aromatic heterocycles. The van der Waals surface area contributed by atoms with E-state index >= 15 is 0 Å². The normalized spacial score (nSPS) is 10.8. The maximum absolute atomic E-state index is 11.4. The van der Waals surface area contributed by atoms with E-state index in [0.717, 1.165) is 16.5 Å². The Morgan fingerprint density at radius 3 is 2.62 bits per heavy atom. The van der Waals surface area contributed by atoms with Crippen molar-refractivity contribution in [3.63, 3.8) is 0 Å². The lowest BCUT2D eigenvalue weighted by Crippen LogP contribution is -2.02. The van der Waals surface area contributed by atoms with Gasteiger partial charge in [-0.15, -0.1) is 0 Å². The minimum Gasteiger partial charge on any atom is -0.506 e. The highest BCUT2D eigenvalue weighted by Crippen LogP contribution is 2.31. The fourth-order valence-corrected chi connectivity index (χ4v) is 2.54. The van der Waals surface area contributed by atoms with Crippen LogP contribution in [0.4, 0.5) is 5.69 Å². The lowest BCUT2D eigenvalue weighted by molar-refractivity contribution is 0.373. The Kier molecular flexibility index (Phi) is 4.04. The van der Waals surface area contributed by atoms with Crippen LogP contribution < -0.4 is 15.7 Å². The molecule has 3 aromatic rings. The second-order valence-corrected chi connectivity index (χ2v) is 5.47. The van der Waals surface area contributed by atoms with E-state index in [1.165, 1.54) is 19.2 Å². The fraction of sp³-hybridized carbons (Fsp3) is 0.167. The summed E-state index contributed by atoms with van der Waals surface area (Å²) >= 11 is 0. The first kappa shape index (κ1) is 15.7. The highest BCUT2D eigenvalue weighted by Gasteiger charge is 2.09. The topological polar surface area (TPSA) is 91.9 Å². The van der Waals surface area contributed by atoms with Gasteiger partial charge in [0.25, 0.3) is 0 Å². The zero-order valence-corrected chi connectivity index (χ0v) is 13.3. The van der Waals surface area contributed by atoms with Crippen LogP contribution in [-0.4, -0.2) is 17.3 Å². The van der Waals surface area contributed by atoms with Crippen molar-refractivity contribution < 1.29 is 19.4 Å². The van der Waals surface area contributed by atoms with Crippen molar-refractivity contribution in [2.24, 2.45) is 0 Å². The molecule has 0 aliphatic carbocycles. The number of hydrogen-bond acceptors (Lipinski definition) is 6. The number of phenols is 2. The van der Waals surface area contributed by atoms with Gasteiger partial charge in [0.1, 0.15) is 11.3 Å². The largest absolute Gasteiger partial charge is 0.506 e. The molecule has 124 valence electrons. The number of nitrogens with one attached hydrogen (secondary N) is 1. The third-order valence-corrected chi connectivity index (χ3v) is 3.79. The molecule has 0 aliphatic rings. The first-order chi connectivity index (χ1) is 11.5. The van der Waals surface area contributed by atoms with E-state index in [2.05, 4.69) is 5.32 Å². The van der Waals surface area contributed by atoms with Crippen LogP contribution in [0.15, 0.2) is 45.6 Å². The minimum atomic E-state index is -0.450. The summed E-state index contributed by atoms with van der Waals surface area (Å²) in [5, 5.41) is 23.8. The molecule has 0 atom stereocenters. The molecule has 0 radical (unpaired) electrons. The standard InChI is InChI=1S/C18H17NO5/c1-10-5-18(22)24-17-8-14(20)13(7-12(10)17)19-9-11-3-4-16(23-2)15(21)6-11/h3-8,19-21H,9H2,1-2H3. The molecule has 0 bridgehead atoms. The quantitative estimate of drug-likeness (QED) is 0.504. The molecule has 6 heteroatoms. The van der Waals surface area contributed by atoms with Crippen LogP contribution in [-0.2, 0) is 6.54 Å². The average molecular weight is 327 g/mol. The van der Waals surface area contributed by atoms with E-state index in [9.17, 15) is 15.0 Å². The lowest BCUT2D eigenvalue weighted by Gasteiger charge is -2.11. The van der Waals surface area contributed by atoms with E-state index < -0.39 is 5.63 Å². The third kappa shape index (κ3) is 2.99. The monoisotopic (exact) mass is 327 g/mol. The summed E-state index contributed by atoms with van der Waals surface area (Å²) in [5.41, 5.74) is 1.99. The highest BCUT2D eigenvalue weighted by atomic mass is 16.5. The molecule has 0 saturated carbocycles. The summed E-state index contributed by atoms with van der Waals surface area (Å²) in [7, 11) is 1.49. The summed E-state index contributed by atoms with van der Waals surface area (Å²) < 4.78 is 10.1. The molecule has 3 rings (SSSR count). The molecule has 6 nitrogen and oxygen atoms in total. The first-order valence-corrected chi connectivity index (χ1v) is 7.35.